The monoisotopic (exact) mass is 308 g/mol. The van der Waals surface area contributed by atoms with Gasteiger partial charge in [0.15, 0.2) is 0 Å². The minimum atomic E-state index is -0.0196. The van der Waals surface area contributed by atoms with Gasteiger partial charge in [-0.1, -0.05) is 12.1 Å². The smallest absolute Gasteiger partial charge is 0.317 e. The fraction of sp³-hybridized carbons (Fsp3) is 0.562. The first-order valence-corrected chi connectivity index (χ1v) is 8.72. The van der Waals surface area contributed by atoms with Crippen LogP contribution in [0.25, 0.3) is 0 Å². The van der Waals surface area contributed by atoms with Crippen LogP contribution in [0.1, 0.15) is 31.9 Å². The minimum Gasteiger partial charge on any atom is -0.494 e. The number of thioether (sulfide) groups is 1. The van der Waals surface area contributed by atoms with Gasteiger partial charge in [0.05, 0.1) is 12.6 Å². The highest BCUT2D eigenvalue weighted by molar-refractivity contribution is 7.99. The molecule has 1 heterocycles. The van der Waals surface area contributed by atoms with Crippen molar-refractivity contribution in [2.24, 2.45) is 0 Å². The molecular formula is C16H24N2O2S. The lowest BCUT2D eigenvalue weighted by molar-refractivity contribution is 0.198. The van der Waals surface area contributed by atoms with E-state index in [0.29, 0.717) is 6.61 Å². The van der Waals surface area contributed by atoms with Crippen LogP contribution in [0.3, 0.4) is 0 Å². The molecule has 1 aromatic rings. The van der Waals surface area contributed by atoms with E-state index in [1.54, 1.807) is 0 Å². The third-order valence-corrected chi connectivity index (χ3v) is 4.57. The molecule has 1 N–H and O–H groups in total. The van der Waals surface area contributed by atoms with Crippen molar-refractivity contribution in [3.8, 4) is 5.75 Å². The molecule has 2 rings (SSSR count). The number of ether oxygens (including phenoxy) is 1. The standard InChI is InChI=1S/C16H24N2O2S/c1-3-20-15-7-4-6-14(12-15)13(2)17-16(19)18-8-5-10-21-11-9-18/h4,6-7,12-13H,3,5,8-11H2,1-2H3,(H,17,19). The van der Waals surface area contributed by atoms with E-state index < -0.39 is 0 Å². The molecule has 2 amide bonds. The quantitative estimate of drug-likeness (QED) is 0.928. The molecule has 0 aliphatic carbocycles. The summed E-state index contributed by atoms with van der Waals surface area (Å²) in [6.45, 7) is 6.31. The molecule has 1 aromatic carbocycles. The Labute approximate surface area is 131 Å². The zero-order valence-corrected chi connectivity index (χ0v) is 13.6. The van der Waals surface area contributed by atoms with Gasteiger partial charge in [0.1, 0.15) is 5.75 Å². The molecule has 21 heavy (non-hydrogen) atoms. The molecule has 0 saturated carbocycles. The highest BCUT2D eigenvalue weighted by Gasteiger charge is 2.18. The fourth-order valence-corrected chi connectivity index (χ4v) is 3.24. The van der Waals surface area contributed by atoms with Crippen molar-refractivity contribution in [3.63, 3.8) is 0 Å². The largest absolute Gasteiger partial charge is 0.494 e. The van der Waals surface area contributed by atoms with Crippen LogP contribution in [-0.4, -0.2) is 42.1 Å². The van der Waals surface area contributed by atoms with E-state index in [1.807, 2.05) is 54.8 Å². The summed E-state index contributed by atoms with van der Waals surface area (Å²) in [5.41, 5.74) is 1.07. The first kappa shape index (κ1) is 16.0. The Morgan fingerprint density at radius 2 is 2.29 bits per heavy atom. The summed E-state index contributed by atoms with van der Waals surface area (Å²) < 4.78 is 5.51. The number of hydrogen-bond donors (Lipinski definition) is 1. The van der Waals surface area contributed by atoms with Crippen LogP contribution in [0.5, 0.6) is 5.75 Å². The second-order valence-corrected chi connectivity index (χ2v) is 6.35. The van der Waals surface area contributed by atoms with Crippen molar-refractivity contribution in [2.45, 2.75) is 26.3 Å². The van der Waals surface area contributed by atoms with E-state index >= 15 is 0 Å². The van der Waals surface area contributed by atoms with Crippen molar-refractivity contribution in [3.05, 3.63) is 29.8 Å². The number of urea groups is 1. The lowest BCUT2D eigenvalue weighted by Crippen LogP contribution is -2.42. The van der Waals surface area contributed by atoms with Crippen LogP contribution in [0.4, 0.5) is 4.79 Å². The number of carbonyl (C=O) groups is 1. The van der Waals surface area contributed by atoms with Gasteiger partial charge in [-0.25, -0.2) is 4.79 Å². The van der Waals surface area contributed by atoms with Gasteiger partial charge in [-0.05, 0) is 43.7 Å². The highest BCUT2D eigenvalue weighted by atomic mass is 32.2. The molecule has 116 valence electrons. The molecule has 1 atom stereocenters. The maximum Gasteiger partial charge on any atom is 0.317 e. The van der Waals surface area contributed by atoms with Crippen molar-refractivity contribution < 1.29 is 9.53 Å². The maximum absolute atomic E-state index is 12.3. The Morgan fingerprint density at radius 1 is 1.43 bits per heavy atom. The van der Waals surface area contributed by atoms with Crippen LogP contribution in [-0.2, 0) is 0 Å². The third kappa shape index (κ3) is 4.84. The van der Waals surface area contributed by atoms with Crippen molar-refractivity contribution in [2.75, 3.05) is 31.2 Å². The second kappa shape index (κ2) is 8.17. The summed E-state index contributed by atoms with van der Waals surface area (Å²) in [4.78, 5) is 14.2. The summed E-state index contributed by atoms with van der Waals surface area (Å²) in [6.07, 6.45) is 1.08. The number of carbonyl (C=O) groups excluding carboxylic acids is 1. The van der Waals surface area contributed by atoms with Crippen molar-refractivity contribution in [1.29, 1.82) is 0 Å². The zero-order chi connectivity index (χ0) is 15.1. The molecule has 1 aliphatic rings. The number of amides is 2. The van der Waals surface area contributed by atoms with Gasteiger partial charge < -0.3 is 15.0 Å². The molecule has 1 aliphatic heterocycles. The van der Waals surface area contributed by atoms with Gasteiger partial charge >= 0.3 is 6.03 Å². The van der Waals surface area contributed by atoms with E-state index in [0.717, 1.165) is 42.3 Å². The summed E-state index contributed by atoms with van der Waals surface area (Å²) in [5.74, 6) is 3.03. The number of rotatable bonds is 4. The summed E-state index contributed by atoms with van der Waals surface area (Å²) in [5, 5.41) is 3.09. The van der Waals surface area contributed by atoms with Gasteiger partial charge in [0.2, 0.25) is 0 Å². The predicted molar refractivity (Wildman–Crippen MR) is 88.1 cm³/mol. The minimum absolute atomic E-state index is 0.0196. The van der Waals surface area contributed by atoms with Gasteiger partial charge in [-0.2, -0.15) is 11.8 Å². The average Bonchev–Trinajstić information content (AvgIpc) is 2.77. The van der Waals surface area contributed by atoms with Crippen molar-refractivity contribution >= 4 is 17.8 Å². The van der Waals surface area contributed by atoms with Crippen molar-refractivity contribution in [1.82, 2.24) is 10.2 Å². The summed E-state index contributed by atoms with van der Waals surface area (Å²) in [6, 6.07) is 7.93. The van der Waals surface area contributed by atoms with Gasteiger partial charge in [0.25, 0.3) is 0 Å². The number of benzene rings is 1. The van der Waals surface area contributed by atoms with Gasteiger partial charge in [-0.15, -0.1) is 0 Å². The Hall–Kier alpha value is -1.36. The number of hydrogen-bond acceptors (Lipinski definition) is 3. The molecule has 1 unspecified atom stereocenters. The first-order valence-electron chi connectivity index (χ1n) is 7.56. The molecule has 0 radical (unpaired) electrons. The predicted octanol–water partition coefficient (Wildman–Crippen LogP) is 3.29. The van der Waals surface area contributed by atoms with E-state index in [4.69, 9.17) is 4.74 Å². The van der Waals surface area contributed by atoms with Crippen LogP contribution in [0.2, 0.25) is 0 Å². The summed E-state index contributed by atoms with van der Waals surface area (Å²) in [7, 11) is 0. The van der Waals surface area contributed by atoms with Gasteiger partial charge in [0, 0.05) is 18.8 Å². The summed E-state index contributed by atoms with van der Waals surface area (Å²) >= 11 is 1.92. The SMILES string of the molecule is CCOc1cccc(C(C)NC(=O)N2CCCSCC2)c1. The molecule has 1 saturated heterocycles. The van der Waals surface area contributed by atoms with Crippen LogP contribution in [0.15, 0.2) is 24.3 Å². The molecular weight excluding hydrogens is 284 g/mol. The third-order valence-electron chi connectivity index (χ3n) is 3.52. The molecule has 1 fully saturated rings. The van der Waals surface area contributed by atoms with Crippen LogP contribution < -0.4 is 10.1 Å². The molecule has 0 spiro atoms. The first-order chi connectivity index (χ1) is 10.2. The molecule has 4 nitrogen and oxygen atoms in total. The average molecular weight is 308 g/mol. The van der Waals surface area contributed by atoms with Crippen LogP contribution in [0, 0.1) is 0 Å². The number of nitrogens with zero attached hydrogens (tertiary/aromatic N) is 1. The second-order valence-electron chi connectivity index (χ2n) is 5.13. The molecule has 0 bridgehead atoms. The van der Waals surface area contributed by atoms with E-state index in [9.17, 15) is 4.79 Å². The fourth-order valence-electron chi connectivity index (χ4n) is 2.35. The van der Waals surface area contributed by atoms with E-state index in [2.05, 4.69) is 5.32 Å². The van der Waals surface area contributed by atoms with Crippen LogP contribution >= 0.6 is 11.8 Å². The van der Waals surface area contributed by atoms with Gasteiger partial charge in [-0.3, -0.25) is 0 Å². The lowest BCUT2D eigenvalue weighted by atomic mass is 10.1. The topological polar surface area (TPSA) is 41.6 Å². The Bertz CT molecular complexity index is 459. The van der Waals surface area contributed by atoms with E-state index in [-0.39, 0.29) is 12.1 Å². The Kier molecular flexibility index (Phi) is 6.23. The normalized spacial score (nSPS) is 17.0. The maximum atomic E-state index is 12.3. The zero-order valence-electron chi connectivity index (χ0n) is 12.8. The number of nitrogens with one attached hydrogen (secondary N) is 1. The lowest BCUT2D eigenvalue weighted by Gasteiger charge is -2.23. The molecule has 0 aromatic heterocycles. The highest BCUT2D eigenvalue weighted by Crippen LogP contribution is 2.19. The molecule has 5 heteroatoms. The Morgan fingerprint density at radius 3 is 3.10 bits per heavy atom. The Balaban J connectivity index is 1.94. The van der Waals surface area contributed by atoms with E-state index in [1.165, 1.54) is 0 Å².